The maximum Gasteiger partial charge on any atom is 0.269 e. The van der Waals surface area contributed by atoms with Crippen molar-refractivity contribution in [3.8, 4) is 11.1 Å². The molecule has 10 heteroatoms. The first kappa shape index (κ1) is 21.2. The van der Waals surface area contributed by atoms with E-state index in [0.29, 0.717) is 15.9 Å². The Morgan fingerprint density at radius 2 is 1.63 bits per heavy atom. The highest BCUT2D eigenvalue weighted by Crippen LogP contribution is 2.42. The van der Waals surface area contributed by atoms with Gasteiger partial charge < -0.3 is 0 Å². The summed E-state index contributed by atoms with van der Waals surface area (Å²) in [4.78, 5) is 4.24. The van der Waals surface area contributed by atoms with Crippen molar-refractivity contribution in [1.29, 1.82) is 0 Å². The van der Waals surface area contributed by atoms with Crippen LogP contribution in [0.1, 0.15) is 5.56 Å². The van der Waals surface area contributed by atoms with Gasteiger partial charge in [-0.1, -0.05) is 40.9 Å². The molecule has 0 aliphatic heterocycles. The van der Waals surface area contributed by atoms with Crippen LogP contribution in [0.15, 0.2) is 58.2 Å². The lowest BCUT2D eigenvalue weighted by atomic mass is 10.1. The van der Waals surface area contributed by atoms with Crippen molar-refractivity contribution in [1.82, 2.24) is 8.96 Å². The summed E-state index contributed by atoms with van der Waals surface area (Å²) in [5, 5.41) is -0.546. The van der Waals surface area contributed by atoms with Crippen molar-refractivity contribution in [2.24, 2.45) is 0 Å². The lowest BCUT2D eigenvalue weighted by Gasteiger charge is -2.08. The molecule has 0 bridgehead atoms. The molecule has 2 aromatic heterocycles. The van der Waals surface area contributed by atoms with E-state index in [-0.39, 0.29) is 21.7 Å². The number of pyridine rings is 1. The molecule has 0 aliphatic rings. The molecule has 0 saturated heterocycles. The molecule has 154 valence electrons. The normalized spacial score (nSPS) is 11.9. The van der Waals surface area contributed by atoms with Crippen molar-refractivity contribution < 1.29 is 17.2 Å². The standard InChI is InChI=1S/C20H11BrCl2F2N2O2S/c1-10-2-4-12(5-3-10)30(28,29)27-9-14(13-6-11(21)8-26-20(13)27)17-18(22)15(24)7-16(25)19(17)23/h2-9H,1H3. The summed E-state index contributed by atoms with van der Waals surface area (Å²) in [6.07, 6.45) is 2.63. The summed E-state index contributed by atoms with van der Waals surface area (Å²) >= 11 is 15.5. The number of benzene rings is 2. The van der Waals surface area contributed by atoms with Crippen LogP contribution in [0.5, 0.6) is 0 Å². The third-order valence-corrected chi connectivity index (χ3v) is 7.37. The van der Waals surface area contributed by atoms with Gasteiger partial charge in [-0.15, -0.1) is 0 Å². The second-order valence-electron chi connectivity index (χ2n) is 6.52. The zero-order valence-electron chi connectivity index (χ0n) is 15.1. The van der Waals surface area contributed by atoms with Crippen LogP contribution in [0.2, 0.25) is 10.0 Å². The highest BCUT2D eigenvalue weighted by atomic mass is 79.9. The lowest BCUT2D eigenvalue weighted by molar-refractivity contribution is 0.584. The molecule has 0 atom stereocenters. The number of rotatable bonds is 3. The third-order valence-electron chi connectivity index (χ3n) is 4.54. The molecular formula is C20H11BrCl2F2N2O2S. The zero-order valence-corrected chi connectivity index (χ0v) is 19.0. The van der Waals surface area contributed by atoms with Gasteiger partial charge in [0.15, 0.2) is 5.65 Å². The molecule has 30 heavy (non-hydrogen) atoms. The minimum absolute atomic E-state index is 0.0314. The number of aromatic nitrogens is 2. The van der Waals surface area contributed by atoms with Crippen LogP contribution in [-0.4, -0.2) is 17.4 Å². The number of hydrogen-bond donors (Lipinski definition) is 0. The van der Waals surface area contributed by atoms with E-state index in [9.17, 15) is 17.2 Å². The summed E-state index contributed by atoms with van der Waals surface area (Å²) in [6, 6.07) is 8.42. The van der Waals surface area contributed by atoms with Crippen molar-refractivity contribution in [2.45, 2.75) is 11.8 Å². The Balaban J connectivity index is 2.09. The first-order valence-electron chi connectivity index (χ1n) is 8.43. The average Bonchev–Trinajstić information content (AvgIpc) is 3.06. The molecule has 4 aromatic rings. The highest BCUT2D eigenvalue weighted by Gasteiger charge is 2.26. The van der Waals surface area contributed by atoms with Gasteiger partial charge in [-0.3, -0.25) is 0 Å². The number of aryl methyl sites for hydroxylation is 1. The molecule has 0 radical (unpaired) electrons. The zero-order chi connectivity index (χ0) is 21.8. The highest BCUT2D eigenvalue weighted by molar-refractivity contribution is 9.10. The summed E-state index contributed by atoms with van der Waals surface area (Å²) in [6.45, 7) is 1.83. The molecule has 0 amide bonds. The predicted molar refractivity (Wildman–Crippen MR) is 117 cm³/mol. The summed E-state index contributed by atoms with van der Waals surface area (Å²) in [5.41, 5.74) is 0.926. The maximum atomic E-state index is 14.1. The van der Waals surface area contributed by atoms with Crippen LogP contribution in [-0.2, 0) is 10.0 Å². The topological polar surface area (TPSA) is 52.0 Å². The fourth-order valence-corrected chi connectivity index (χ4v) is 5.28. The average molecular weight is 532 g/mol. The molecule has 2 heterocycles. The molecular weight excluding hydrogens is 521 g/mol. The van der Waals surface area contributed by atoms with Gasteiger partial charge in [0.2, 0.25) is 0 Å². The number of fused-ring (bicyclic) bond motifs is 1. The molecule has 0 saturated carbocycles. The van der Waals surface area contributed by atoms with Crippen LogP contribution in [0.3, 0.4) is 0 Å². The van der Waals surface area contributed by atoms with Gasteiger partial charge in [0, 0.05) is 39.4 Å². The second kappa shape index (κ2) is 7.60. The molecule has 4 rings (SSSR count). The van der Waals surface area contributed by atoms with Crippen LogP contribution < -0.4 is 0 Å². The third kappa shape index (κ3) is 3.41. The van der Waals surface area contributed by atoms with E-state index in [1.54, 1.807) is 18.2 Å². The Morgan fingerprint density at radius 3 is 2.23 bits per heavy atom. The number of nitrogens with zero attached hydrogens (tertiary/aromatic N) is 2. The number of hydrogen-bond acceptors (Lipinski definition) is 3. The Labute approximate surface area is 189 Å². The molecule has 0 aliphatic carbocycles. The summed E-state index contributed by atoms with van der Waals surface area (Å²) in [5.74, 6) is -2.03. The van der Waals surface area contributed by atoms with Gasteiger partial charge in [0.1, 0.15) is 11.6 Å². The Morgan fingerprint density at radius 1 is 1.03 bits per heavy atom. The van der Waals surface area contributed by atoms with Crippen LogP contribution in [0.25, 0.3) is 22.2 Å². The number of halogens is 5. The van der Waals surface area contributed by atoms with E-state index in [0.717, 1.165) is 9.54 Å². The largest absolute Gasteiger partial charge is 0.269 e. The van der Waals surface area contributed by atoms with Gasteiger partial charge in [-0.05, 0) is 41.1 Å². The summed E-state index contributed by atoms with van der Waals surface area (Å²) < 4.78 is 56.4. The van der Waals surface area contributed by atoms with E-state index in [2.05, 4.69) is 20.9 Å². The molecule has 0 N–H and O–H groups in total. The van der Waals surface area contributed by atoms with Crippen molar-refractivity contribution in [2.75, 3.05) is 0 Å². The molecule has 2 aromatic carbocycles. The van der Waals surface area contributed by atoms with Crippen LogP contribution in [0, 0.1) is 18.6 Å². The SMILES string of the molecule is Cc1ccc(S(=O)(=O)n2cc(-c3c(Cl)c(F)cc(F)c3Cl)c3cc(Br)cnc32)cc1. The second-order valence-corrected chi connectivity index (χ2v) is 10.0. The van der Waals surface area contributed by atoms with Crippen molar-refractivity contribution >= 4 is 60.2 Å². The quantitative estimate of drug-likeness (QED) is 0.280. The lowest BCUT2D eigenvalue weighted by Crippen LogP contribution is -2.12. The molecule has 0 spiro atoms. The van der Waals surface area contributed by atoms with Crippen molar-refractivity contribution in [3.05, 3.63) is 80.5 Å². The van der Waals surface area contributed by atoms with Crippen LogP contribution in [0.4, 0.5) is 8.78 Å². The van der Waals surface area contributed by atoms with E-state index in [4.69, 9.17) is 23.2 Å². The van der Waals surface area contributed by atoms with E-state index < -0.39 is 31.7 Å². The van der Waals surface area contributed by atoms with Gasteiger partial charge >= 0.3 is 0 Å². The van der Waals surface area contributed by atoms with Gasteiger partial charge in [0.05, 0.1) is 14.9 Å². The summed E-state index contributed by atoms with van der Waals surface area (Å²) in [7, 11) is -4.06. The maximum absolute atomic E-state index is 14.1. The van der Waals surface area contributed by atoms with Crippen LogP contribution >= 0.6 is 39.1 Å². The monoisotopic (exact) mass is 530 g/mol. The smallest absolute Gasteiger partial charge is 0.236 e. The minimum atomic E-state index is -4.06. The van der Waals surface area contributed by atoms with Gasteiger partial charge in [-0.25, -0.2) is 26.2 Å². The fraction of sp³-hybridized carbons (Fsp3) is 0.0500. The minimum Gasteiger partial charge on any atom is -0.236 e. The van der Waals surface area contributed by atoms with Crippen molar-refractivity contribution in [3.63, 3.8) is 0 Å². The molecule has 0 fully saturated rings. The molecule has 4 nitrogen and oxygen atoms in total. The van der Waals surface area contributed by atoms with E-state index in [1.165, 1.54) is 24.5 Å². The Bertz CT molecular complexity index is 1400. The van der Waals surface area contributed by atoms with E-state index in [1.807, 2.05) is 6.92 Å². The fourth-order valence-electron chi connectivity index (χ4n) is 3.07. The predicted octanol–water partition coefficient (Wildman–Crippen LogP) is 6.60. The Hall–Kier alpha value is -2.00. The van der Waals surface area contributed by atoms with Gasteiger partial charge in [0.25, 0.3) is 10.0 Å². The molecule has 0 unspecified atom stereocenters. The first-order valence-corrected chi connectivity index (χ1v) is 11.4. The first-order chi connectivity index (χ1) is 14.1. The van der Waals surface area contributed by atoms with Gasteiger partial charge in [-0.2, -0.15) is 0 Å². The van der Waals surface area contributed by atoms with E-state index >= 15 is 0 Å². The Kier molecular flexibility index (Phi) is 5.38.